The zero-order valence-corrected chi connectivity index (χ0v) is 14.1. The van der Waals surface area contributed by atoms with Crippen molar-refractivity contribution < 1.29 is 4.74 Å². The van der Waals surface area contributed by atoms with Gasteiger partial charge in [-0.25, -0.2) is 5.01 Å². The summed E-state index contributed by atoms with van der Waals surface area (Å²) in [6.07, 6.45) is 2.11. The Hall–Kier alpha value is -1.56. The second-order valence-electron chi connectivity index (χ2n) is 6.26. The average Bonchev–Trinajstić information content (AvgIpc) is 2.59. The third kappa shape index (κ3) is 4.25. The molecule has 1 aromatic rings. The van der Waals surface area contributed by atoms with E-state index in [0.717, 1.165) is 64.5 Å². The van der Waals surface area contributed by atoms with E-state index in [4.69, 9.17) is 4.74 Å². The van der Waals surface area contributed by atoms with Gasteiger partial charge in [0.15, 0.2) is 0 Å². The lowest BCUT2D eigenvalue weighted by Gasteiger charge is -2.31. The highest BCUT2D eigenvalue weighted by Crippen LogP contribution is 2.23. The molecule has 126 valence electrons. The molecule has 0 bridgehead atoms. The second kappa shape index (κ2) is 7.81. The molecule has 0 radical (unpaired) electrons. The first-order valence-electron chi connectivity index (χ1n) is 8.56. The lowest BCUT2D eigenvalue weighted by atomic mass is 10.0. The van der Waals surface area contributed by atoms with Crippen LogP contribution in [0.1, 0.15) is 17.5 Å². The van der Waals surface area contributed by atoms with Crippen LogP contribution >= 0.6 is 0 Å². The molecule has 3 rings (SSSR count). The molecule has 2 N–H and O–H groups in total. The molecule has 0 atom stereocenters. The summed E-state index contributed by atoms with van der Waals surface area (Å²) >= 11 is 0. The van der Waals surface area contributed by atoms with Gasteiger partial charge >= 0.3 is 0 Å². The summed E-state index contributed by atoms with van der Waals surface area (Å²) in [4.78, 5) is 2.36. The number of fused-ring (bicyclic) bond motifs is 1. The lowest BCUT2D eigenvalue weighted by Crippen LogP contribution is -2.41. The molecule has 2 heterocycles. The van der Waals surface area contributed by atoms with E-state index in [0.29, 0.717) is 0 Å². The Balaban J connectivity index is 1.45. The van der Waals surface area contributed by atoms with E-state index in [-0.39, 0.29) is 0 Å². The van der Waals surface area contributed by atoms with Gasteiger partial charge in [-0.15, -0.1) is 0 Å². The maximum absolute atomic E-state index is 5.95. The van der Waals surface area contributed by atoms with Crippen LogP contribution in [0.3, 0.4) is 0 Å². The highest BCUT2D eigenvalue weighted by molar-refractivity contribution is 5.37. The highest BCUT2D eigenvalue weighted by Gasteiger charge is 2.15. The van der Waals surface area contributed by atoms with Gasteiger partial charge in [0.1, 0.15) is 5.75 Å². The molecular formula is C18H28N4O. The van der Waals surface area contributed by atoms with Gasteiger partial charge in [0, 0.05) is 45.0 Å². The van der Waals surface area contributed by atoms with E-state index in [2.05, 4.69) is 45.4 Å². The Morgan fingerprint density at radius 1 is 1.30 bits per heavy atom. The summed E-state index contributed by atoms with van der Waals surface area (Å²) in [6, 6.07) is 6.51. The minimum atomic E-state index is 0.763. The first-order chi connectivity index (χ1) is 11.3. The zero-order valence-electron chi connectivity index (χ0n) is 14.1. The van der Waals surface area contributed by atoms with Gasteiger partial charge in [-0.3, -0.25) is 5.43 Å². The Kier molecular flexibility index (Phi) is 5.54. The summed E-state index contributed by atoms with van der Waals surface area (Å²) in [5.41, 5.74) is 7.23. The van der Waals surface area contributed by atoms with Gasteiger partial charge in [-0.1, -0.05) is 12.6 Å². The van der Waals surface area contributed by atoms with Crippen LogP contribution in [-0.4, -0.2) is 56.3 Å². The number of hydrogen-bond donors (Lipinski definition) is 2. The summed E-state index contributed by atoms with van der Waals surface area (Å²) in [7, 11) is 1.98. The van der Waals surface area contributed by atoms with E-state index in [1.54, 1.807) is 0 Å². The molecule has 1 aromatic carbocycles. The number of nitrogens with one attached hydrogen (secondary N) is 2. The van der Waals surface area contributed by atoms with Crippen LogP contribution in [-0.2, 0) is 13.0 Å². The molecule has 2 aliphatic heterocycles. The fraction of sp³-hybridized carbons (Fsp3) is 0.556. The fourth-order valence-corrected chi connectivity index (χ4v) is 3.24. The van der Waals surface area contributed by atoms with Crippen LogP contribution in [0, 0.1) is 0 Å². The Morgan fingerprint density at radius 2 is 2.22 bits per heavy atom. The molecule has 2 aliphatic rings. The number of hydrazine groups is 1. The molecule has 0 unspecified atom stereocenters. The summed E-state index contributed by atoms with van der Waals surface area (Å²) < 4.78 is 5.95. The number of piperazine rings is 1. The van der Waals surface area contributed by atoms with Crippen molar-refractivity contribution in [1.82, 2.24) is 20.7 Å². The van der Waals surface area contributed by atoms with Crippen LogP contribution in [0.4, 0.5) is 0 Å². The zero-order chi connectivity index (χ0) is 16.1. The number of rotatable bonds is 6. The summed E-state index contributed by atoms with van der Waals surface area (Å²) in [5.74, 6) is 1.00. The SMILES string of the molecule is C=C1CNCCN1CCCOc1ccc2c(c1)CCN(NC)C2. The van der Waals surface area contributed by atoms with Gasteiger partial charge in [-0.2, -0.15) is 0 Å². The van der Waals surface area contributed by atoms with Crippen molar-refractivity contribution >= 4 is 0 Å². The topological polar surface area (TPSA) is 39.8 Å². The van der Waals surface area contributed by atoms with Crippen molar-refractivity contribution in [2.75, 3.05) is 46.4 Å². The molecule has 1 fully saturated rings. The maximum Gasteiger partial charge on any atom is 0.119 e. The predicted molar refractivity (Wildman–Crippen MR) is 93.3 cm³/mol. The Labute approximate surface area is 139 Å². The molecule has 1 saturated heterocycles. The second-order valence-corrected chi connectivity index (χ2v) is 6.26. The van der Waals surface area contributed by atoms with Gasteiger partial charge in [0.2, 0.25) is 0 Å². The van der Waals surface area contributed by atoms with Crippen molar-refractivity contribution in [3.05, 3.63) is 41.6 Å². The molecule has 0 amide bonds. The quantitative estimate of drug-likeness (QED) is 0.776. The maximum atomic E-state index is 5.95. The van der Waals surface area contributed by atoms with Crippen LogP contribution in [0.25, 0.3) is 0 Å². The molecular weight excluding hydrogens is 288 g/mol. The minimum Gasteiger partial charge on any atom is -0.494 e. The molecule has 0 saturated carbocycles. The molecule has 0 spiro atoms. The monoisotopic (exact) mass is 316 g/mol. The van der Waals surface area contributed by atoms with Crippen LogP contribution in [0.2, 0.25) is 0 Å². The third-order valence-electron chi connectivity index (χ3n) is 4.68. The van der Waals surface area contributed by atoms with Crippen molar-refractivity contribution in [2.45, 2.75) is 19.4 Å². The first-order valence-corrected chi connectivity index (χ1v) is 8.56. The summed E-state index contributed by atoms with van der Waals surface area (Å²) in [6.45, 7) is 10.9. The summed E-state index contributed by atoms with van der Waals surface area (Å²) in [5, 5.41) is 5.58. The largest absolute Gasteiger partial charge is 0.494 e. The standard InChI is InChI=1S/C18H28N4O/c1-15-13-20-7-10-21(15)8-3-11-23-18-5-4-17-14-22(19-2)9-6-16(17)12-18/h4-5,12,19-20H,1,3,6-11,13-14H2,2H3. The predicted octanol–water partition coefficient (Wildman–Crippen LogP) is 1.37. The Morgan fingerprint density at radius 3 is 3.04 bits per heavy atom. The van der Waals surface area contributed by atoms with Crippen molar-refractivity contribution in [3.63, 3.8) is 0 Å². The lowest BCUT2D eigenvalue weighted by molar-refractivity contribution is 0.188. The van der Waals surface area contributed by atoms with Crippen molar-refractivity contribution in [2.24, 2.45) is 0 Å². The fourth-order valence-electron chi connectivity index (χ4n) is 3.24. The number of nitrogens with zero attached hydrogens (tertiary/aromatic N) is 2. The van der Waals surface area contributed by atoms with E-state index >= 15 is 0 Å². The third-order valence-corrected chi connectivity index (χ3v) is 4.68. The normalized spacial score (nSPS) is 18.8. The van der Waals surface area contributed by atoms with Crippen LogP contribution < -0.4 is 15.5 Å². The number of benzene rings is 1. The van der Waals surface area contributed by atoms with E-state index < -0.39 is 0 Å². The number of hydrogen-bond acceptors (Lipinski definition) is 5. The van der Waals surface area contributed by atoms with E-state index in [9.17, 15) is 0 Å². The number of ether oxygens (including phenoxy) is 1. The van der Waals surface area contributed by atoms with E-state index in [1.807, 2.05) is 7.05 Å². The molecule has 0 aromatic heterocycles. The van der Waals surface area contributed by atoms with Crippen molar-refractivity contribution in [1.29, 1.82) is 0 Å². The minimum absolute atomic E-state index is 0.763. The van der Waals surface area contributed by atoms with Gasteiger partial charge in [-0.05, 0) is 43.1 Å². The smallest absolute Gasteiger partial charge is 0.119 e. The van der Waals surface area contributed by atoms with Crippen LogP contribution in [0.15, 0.2) is 30.5 Å². The van der Waals surface area contributed by atoms with Gasteiger partial charge < -0.3 is 15.0 Å². The average molecular weight is 316 g/mol. The molecule has 5 heteroatoms. The van der Waals surface area contributed by atoms with Crippen LogP contribution in [0.5, 0.6) is 5.75 Å². The van der Waals surface area contributed by atoms with E-state index in [1.165, 1.54) is 16.8 Å². The molecule has 5 nitrogen and oxygen atoms in total. The highest BCUT2D eigenvalue weighted by atomic mass is 16.5. The Bertz CT molecular complexity index is 546. The first kappa shape index (κ1) is 16.3. The molecule has 0 aliphatic carbocycles. The van der Waals surface area contributed by atoms with Gasteiger partial charge in [0.25, 0.3) is 0 Å². The van der Waals surface area contributed by atoms with Gasteiger partial charge in [0.05, 0.1) is 6.61 Å². The van der Waals surface area contributed by atoms with Crippen molar-refractivity contribution in [3.8, 4) is 5.75 Å². The molecule has 23 heavy (non-hydrogen) atoms.